The number of likely N-dealkylation sites (tertiary alicyclic amines) is 1. The molecule has 2 heterocycles. The summed E-state index contributed by atoms with van der Waals surface area (Å²) in [6.07, 6.45) is 3.26. The largest absolute Gasteiger partial charge is 0.484 e. The van der Waals surface area contributed by atoms with Crippen molar-refractivity contribution >= 4 is 28.7 Å². The number of amides is 2. The van der Waals surface area contributed by atoms with Crippen LogP contribution in [0, 0.1) is 0 Å². The first-order chi connectivity index (χ1) is 12.5. The van der Waals surface area contributed by atoms with Crippen LogP contribution in [-0.4, -0.2) is 52.9 Å². The molecule has 2 amide bonds. The van der Waals surface area contributed by atoms with Crippen molar-refractivity contribution < 1.29 is 14.3 Å². The quantitative estimate of drug-likeness (QED) is 0.878. The lowest BCUT2D eigenvalue weighted by Crippen LogP contribution is -2.49. The van der Waals surface area contributed by atoms with Crippen molar-refractivity contribution in [1.82, 2.24) is 10.2 Å². The normalized spacial score (nSPS) is 22.7. The molecule has 0 unspecified atom stereocenters. The molecule has 3 rings (SSSR count). The van der Waals surface area contributed by atoms with Crippen molar-refractivity contribution in [3.63, 3.8) is 0 Å². The molecule has 1 aromatic rings. The van der Waals surface area contributed by atoms with Crippen LogP contribution >= 0.6 is 11.8 Å². The number of amidine groups is 1. The predicted molar refractivity (Wildman–Crippen MR) is 104 cm³/mol. The minimum Gasteiger partial charge on any atom is -0.484 e. The van der Waals surface area contributed by atoms with E-state index >= 15 is 0 Å². The van der Waals surface area contributed by atoms with Gasteiger partial charge in [-0.3, -0.25) is 14.6 Å². The van der Waals surface area contributed by atoms with Crippen LogP contribution in [0.4, 0.5) is 0 Å². The topological polar surface area (TPSA) is 71.0 Å². The van der Waals surface area contributed by atoms with E-state index in [0.29, 0.717) is 16.5 Å². The zero-order chi connectivity index (χ0) is 18.5. The first kappa shape index (κ1) is 18.8. The predicted octanol–water partition coefficient (Wildman–Crippen LogP) is 2.69. The average molecular weight is 375 g/mol. The second-order valence-corrected chi connectivity index (χ2v) is 7.82. The minimum atomic E-state index is -0.184. The first-order valence-electron chi connectivity index (χ1n) is 9.07. The van der Waals surface area contributed by atoms with Gasteiger partial charge < -0.3 is 15.0 Å². The van der Waals surface area contributed by atoms with Crippen molar-refractivity contribution in [3.05, 3.63) is 29.8 Å². The van der Waals surface area contributed by atoms with E-state index in [1.54, 1.807) is 36.0 Å². The smallest absolute Gasteiger partial charge is 0.260 e. The standard InChI is InChI=1S/C19H25N3O3S/c1-13-4-3-5-14(2)22(13)17(23)12-25-16-8-6-15(7-9-16)18(24)21-19-20-10-11-26-19/h6-9,13-14H,3-5,10-12H2,1-2H3,(H,20,21,24)/t13-,14+. The van der Waals surface area contributed by atoms with Crippen molar-refractivity contribution in [3.8, 4) is 5.75 Å². The molecule has 6 nitrogen and oxygen atoms in total. The van der Waals surface area contributed by atoms with Crippen molar-refractivity contribution in [1.29, 1.82) is 0 Å². The summed E-state index contributed by atoms with van der Waals surface area (Å²) in [5, 5.41) is 3.46. The van der Waals surface area contributed by atoms with Gasteiger partial charge in [0.25, 0.3) is 11.8 Å². The zero-order valence-corrected chi connectivity index (χ0v) is 16.1. The van der Waals surface area contributed by atoms with Crippen LogP contribution in [0.15, 0.2) is 29.3 Å². The fourth-order valence-electron chi connectivity index (χ4n) is 3.42. The van der Waals surface area contributed by atoms with Gasteiger partial charge in [0, 0.05) is 23.4 Å². The van der Waals surface area contributed by atoms with Crippen LogP contribution < -0.4 is 10.1 Å². The fourth-order valence-corrected chi connectivity index (χ4v) is 4.14. The number of thioether (sulfide) groups is 1. The minimum absolute atomic E-state index is 0.0165. The number of benzene rings is 1. The third kappa shape index (κ3) is 4.58. The highest BCUT2D eigenvalue weighted by atomic mass is 32.2. The fraction of sp³-hybridized carbons (Fsp3) is 0.526. The monoisotopic (exact) mass is 375 g/mol. The van der Waals surface area contributed by atoms with E-state index < -0.39 is 0 Å². The SMILES string of the molecule is C[C@@H]1CCC[C@H](C)N1C(=O)COc1ccc(C(=O)NC2=NCCS2)cc1. The molecule has 1 N–H and O–H groups in total. The number of hydrogen-bond acceptors (Lipinski definition) is 5. The van der Waals surface area contributed by atoms with Gasteiger partial charge in [-0.2, -0.15) is 0 Å². The molecule has 1 fully saturated rings. The number of carbonyl (C=O) groups is 2. The number of piperidine rings is 1. The highest BCUT2D eigenvalue weighted by Crippen LogP contribution is 2.23. The lowest BCUT2D eigenvalue weighted by Gasteiger charge is -2.38. The van der Waals surface area contributed by atoms with Gasteiger partial charge in [-0.1, -0.05) is 11.8 Å². The summed E-state index contributed by atoms with van der Waals surface area (Å²) in [6, 6.07) is 7.35. The molecule has 1 saturated heterocycles. The Morgan fingerprint density at radius 3 is 2.54 bits per heavy atom. The van der Waals surface area contributed by atoms with E-state index in [1.165, 1.54) is 6.42 Å². The summed E-state index contributed by atoms with van der Waals surface area (Å²) in [4.78, 5) is 30.8. The Labute approximate surface area is 158 Å². The summed E-state index contributed by atoms with van der Waals surface area (Å²) < 4.78 is 5.64. The number of rotatable bonds is 4. The third-order valence-electron chi connectivity index (χ3n) is 4.77. The molecule has 0 aliphatic carbocycles. The third-order valence-corrected chi connectivity index (χ3v) is 5.66. The summed E-state index contributed by atoms with van der Waals surface area (Å²) in [5.41, 5.74) is 0.539. The highest BCUT2D eigenvalue weighted by molar-refractivity contribution is 8.14. The second-order valence-electron chi connectivity index (χ2n) is 6.73. The van der Waals surface area contributed by atoms with Crippen LogP contribution in [0.5, 0.6) is 5.75 Å². The van der Waals surface area contributed by atoms with Gasteiger partial charge in [0.15, 0.2) is 11.8 Å². The van der Waals surface area contributed by atoms with E-state index in [9.17, 15) is 9.59 Å². The van der Waals surface area contributed by atoms with Gasteiger partial charge in [-0.25, -0.2) is 0 Å². The summed E-state index contributed by atoms with van der Waals surface area (Å²) in [5.74, 6) is 1.32. The number of hydrogen-bond donors (Lipinski definition) is 1. The number of ether oxygens (including phenoxy) is 1. The van der Waals surface area contributed by atoms with Crippen LogP contribution in [-0.2, 0) is 4.79 Å². The number of aliphatic imine (C=N–C) groups is 1. The second kappa shape index (κ2) is 8.58. The van der Waals surface area contributed by atoms with Crippen molar-refractivity contribution in [2.45, 2.75) is 45.2 Å². The van der Waals surface area contributed by atoms with Crippen molar-refractivity contribution in [2.24, 2.45) is 4.99 Å². The molecular weight excluding hydrogens is 350 g/mol. The van der Waals surface area contributed by atoms with E-state index in [-0.39, 0.29) is 30.5 Å². The molecule has 2 atom stereocenters. The molecule has 0 aromatic heterocycles. The van der Waals surface area contributed by atoms with Gasteiger partial charge in [-0.15, -0.1) is 0 Å². The Morgan fingerprint density at radius 2 is 1.92 bits per heavy atom. The Balaban J connectivity index is 1.52. The van der Waals surface area contributed by atoms with Crippen LogP contribution in [0.2, 0.25) is 0 Å². The molecule has 26 heavy (non-hydrogen) atoms. The molecule has 0 radical (unpaired) electrons. The lowest BCUT2D eigenvalue weighted by molar-refractivity contribution is -0.139. The summed E-state index contributed by atoms with van der Waals surface area (Å²) in [6.45, 7) is 4.95. The van der Waals surface area contributed by atoms with E-state index in [1.807, 2.05) is 4.90 Å². The number of carbonyl (C=O) groups excluding carboxylic acids is 2. The first-order valence-corrected chi connectivity index (χ1v) is 10.1. The molecule has 0 spiro atoms. The van der Waals surface area contributed by atoms with Crippen LogP contribution in [0.1, 0.15) is 43.5 Å². The maximum absolute atomic E-state index is 12.5. The Hall–Kier alpha value is -2.02. The average Bonchev–Trinajstić information content (AvgIpc) is 3.13. The van der Waals surface area contributed by atoms with Crippen molar-refractivity contribution in [2.75, 3.05) is 18.9 Å². The molecule has 2 aliphatic heterocycles. The van der Waals surface area contributed by atoms with E-state index in [2.05, 4.69) is 24.2 Å². The van der Waals surface area contributed by atoms with E-state index in [4.69, 9.17) is 4.74 Å². The molecule has 7 heteroatoms. The summed E-state index contributed by atoms with van der Waals surface area (Å²) >= 11 is 1.54. The van der Waals surface area contributed by atoms with Gasteiger partial charge >= 0.3 is 0 Å². The zero-order valence-electron chi connectivity index (χ0n) is 15.2. The van der Waals surface area contributed by atoms with E-state index in [0.717, 1.165) is 25.1 Å². The maximum Gasteiger partial charge on any atom is 0.260 e. The van der Waals surface area contributed by atoms with Crippen LogP contribution in [0.25, 0.3) is 0 Å². The lowest BCUT2D eigenvalue weighted by atomic mass is 9.97. The highest BCUT2D eigenvalue weighted by Gasteiger charge is 2.28. The van der Waals surface area contributed by atoms with Gasteiger partial charge in [0.1, 0.15) is 5.75 Å². The molecular formula is C19H25N3O3S. The molecule has 2 aliphatic rings. The number of nitrogens with one attached hydrogen (secondary N) is 1. The molecule has 0 bridgehead atoms. The Bertz CT molecular complexity index is 680. The summed E-state index contributed by atoms with van der Waals surface area (Å²) in [7, 11) is 0. The Kier molecular flexibility index (Phi) is 6.19. The van der Waals surface area contributed by atoms with Gasteiger partial charge in [0.2, 0.25) is 0 Å². The molecule has 1 aromatic carbocycles. The molecule has 140 valence electrons. The Morgan fingerprint density at radius 1 is 1.23 bits per heavy atom. The van der Waals surface area contributed by atoms with Gasteiger partial charge in [-0.05, 0) is 57.4 Å². The van der Waals surface area contributed by atoms with Gasteiger partial charge in [0.05, 0.1) is 6.54 Å². The number of nitrogens with zero attached hydrogens (tertiary/aromatic N) is 2. The van der Waals surface area contributed by atoms with Crippen LogP contribution in [0.3, 0.4) is 0 Å². The maximum atomic E-state index is 12.5. The molecule has 0 saturated carbocycles.